The number of hydrogen-bond donors (Lipinski definition) is 3. The number of hydrogen-bond acceptors (Lipinski definition) is 8. The Morgan fingerprint density at radius 2 is 1.74 bits per heavy atom. The summed E-state index contributed by atoms with van der Waals surface area (Å²) in [4.78, 5) is 42.3. The number of rotatable bonds is 7. The van der Waals surface area contributed by atoms with Crippen molar-refractivity contribution in [3.05, 3.63) is 122 Å². The number of aliphatic hydroxyl groups is 1. The smallest absolute Gasteiger partial charge is 0.292 e. The van der Waals surface area contributed by atoms with Crippen LogP contribution in [0.3, 0.4) is 0 Å². The maximum absolute atomic E-state index is 12.6. The Morgan fingerprint density at radius 3 is 2.47 bits per heavy atom. The monoisotopic (exact) mass is 457 g/mol. The highest BCUT2D eigenvalue weighted by molar-refractivity contribution is 6.10. The molecule has 0 aliphatic rings. The first-order chi connectivity index (χ1) is 16.3. The molecule has 0 bridgehead atoms. The number of benzene rings is 3. The van der Waals surface area contributed by atoms with Crippen LogP contribution in [0.5, 0.6) is 0 Å². The Kier molecular flexibility index (Phi) is 6.04. The van der Waals surface area contributed by atoms with Crippen LogP contribution >= 0.6 is 0 Å². The fraction of sp³-hybridized carbons (Fsp3) is 0.0417. The highest BCUT2D eigenvalue weighted by atomic mass is 16.6. The molecule has 10 heteroatoms. The number of allylic oxidation sites excluding steroid dienone is 1. The van der Waals surface area contributed by atoms with Crippen molar-refractivity contribution in [3.63, 3.8) is 0 Å². The van der Waals surface area contributed by atoms with Crippen LogP contribution in [0.15, 0.2) is 89.2 Å². The molecular weight excluding hydrogens is 440 g/mol. The van der Waals surface area contributed by atoms with Crippen LogP contribution in [0.25, 0.3) is 11.0 Å². The normalized spacial score (nSPS) is 11.6. The molecule has 4 rings (SSSR count). The summed E-state index contributed by atoms with van der Waals surface area (Å²) in [5, 5.41) is 35.9. The fourth-order valence-electron chi connectivity index (χ4n) is 3.31. The molecule has 0 atom stereocenters. The Bertz CT molecular complexity index is 1490. The van der Waals surface area contributed by atoms with E-state index in [9.17, 15) is 29.9 Å². The number of nitrogens with zero attached hydrogens (tertiary/aromatic N) is 2. The average molecular weight is 457 g/mol. The lowest BCUT2D eigenvalue weighted by atomic mass is 10.0. The van der Waals surface area contributed by atoms with Crippen LogP contribution < -0.4 is 16.0 Å². The minimum absolute atomic E-state index is 0.0747. The Labute approximate surface area is 192 Å². The third-order valence-corrected chi connectivity index (χ3v) is 5.01. The second kappa shape index (κ2) is 9.25. The maximum atomic E-state index is 12.6. The number of carbonyl (C=O) groups excluding carboxylic acids is 1. The van der Waals surface area contributed by atoms with E-state index in [-0.39, 0.29) is 22.9 Å². The van der Waals surface area contributed by atoms with Crippen LogP contribution in [-0.2, 0) is 6.42 Å². The summed E-state index contributed by atoms with van der Waals surface area (Å²) < 4.78 is 0. The molecule has 0 radical (unpaired) electrons. The van der Waals surface area contributed by atoms with Crippen molar-refractivity contribution in [2.24, 2.45) is 0 Å². The molecule has 1 heterocycles. The molecule has 0 aliphatic carbocycles. The first-order valence-electron chi connectivity index (χ1n) is 10.1. The molecule has 0 saturated carbocycles. The van der Waals surface area contributed by atoms with E-state index < -0.39 is 28.5 Å². The van der Waals surface area contributed by atoms with Crippen molar-refractivity contribution < 1.29 is 19.9 Å². The van der Waals surface area contributed by atoms with Gasteiger partial charge in [-0.15, -0.1) is 0 Å². The number of aromatic amines is 1. The third kappa shape index (κ3) is 4.60. The number of nitro groups is 1. The Hall–Kier alpha value is -4.99. The zero-order valence-electron chi connectivity index (χ0n) is 17.5. The summed E-state index contributed by atoms with van der Waals surface area (Å²) >= 11 is 0. The van der Waals surface area contributed by atoms with Gasteiger partial charge in [-0.1, -0.05) is 48.2 Å². The number of para-hydroxylation sites is 2. The van der Waals surface area contributed by atoms with Crippen LogP contribution in [0.2, 0.25) is 0 Å². The van der Waals surface area contributed by atoms with E-state index in [4.69, 9.17) is 0 Å². The molecule has 0 aliphatic heterocycles. The van der Waals surface area contributed by atoms with E-state index in [1.807, 2.05) is 0 Å². The zero-order chi connectivity index (χ0) is 24.2. The predicted octanol–water partition coefficient (Wildman–Crippen LogP) is 2.80. The molecular formula is C24H17N4O6-. The molecule has 34 heavy (non-hydrogen) atoms. The van der Waals surface area contributed by atoms with E-state index in [0.717, 1.165) is 0 Å². The third-order valence-electron chi connectivity index (χ3n) is 5.01. The number of aromatic nitrogens is 2. The van der Waals surface area contributed by atoms with Gasteiger partial charge in [-0.05, 0) is 24.3 Å². The van der Waals surface area contributed by atoms with E-state index >= 15 is 0 Å². The quantitative estimate of drug-likeness (QED) is 0.165. The number of anilines is 1. The first-order valence-corrected chi connectivity index (χ1v) is 10.1. The van der Waals surface area contributed by atoms with E-state index in [1.165, 1.54) is 30.3 Å². The molecule has 3 N–H and O–H groups in total. The number of carbonyl (C=O) groups is 1. The van der Waals surface area contributed by atoms with Crippen LogP contribution in [0.1, 0.15) is 21.6 Å². The van der Waals surface area contributed by atoms with E-state index in [1.54, 1.807) is 42.5 Å². The predicted molar refractivity (Wildman–Crippen MR) is 122 cm³/mol. The van der Waals surface area contributed by atoms with Crippen molar-refractivity contribution in [1.29, 1.82) is 0 Å². The van der Waals surface area contributed by atoms with Gasteiger partial charge in [0.15, 0.2) is 11.7 Å². The summed E-state index contributed by atoms with van der Waals surface area (Å²) in [7, 11) is 0. The lowest BCUT2D eigenvalue weighted by Crippen LogP contribution is -2.22. The molecule has 0 amide bonds. The van der Waals surface area contributed by atoms with Crippen LogP contribution in [0.4, 0.5) is 11.4 Å². The number of nitro benzene ring substituents is 1. The summed E-state index contributed by atoms with van der Waals surface area (Å²) in [5.74, 6) is -1.96. The van der Waals surface area contributed by atoms with Crippen LogP contribution in [0, 0.1) is 10.1 Å². The molecule has 0 saturated heterocycles. The van der Waals surface area contributed by atoms with Gasteiger partial charge in [0.25, 0.3) is 11.2 Å². The molecule has 0 spiro atoms. The lowest BCUT2D eigenvalue weighted by Gasteiger charge is -2.16. The Morgan fingerprint density at radius 1 is 1.03 bits per heavy atom. The van der Waals surface area contributed by atoms with Gasteiger partial charge in [0.1, 0.15) is 11.4 Å². The van der Waals surface area contributed by atoms with Crippen molar-refractivity contribution in [1.82, 2.24) is 9.97 Å². The first kappa shape index (κ1) is 22.2. The minimum Gasteiger partial charge on any atom is -0.872 e. The van der Waals surface area contributed by atoms with Gasteiger partial charge in [0.05, 0.1) is 16.0 Å². The summed E-state index contributed by atoms with van der Waals surface area (Å²) in [5.41, 5.74) is 0.293. The Balaban J connectivity index is 1.60. The van der Waals surface area contributed by atoms with Crippen LogP contribution in [-0.4, -0.2) is 25.8 Å². The number of fused-ring (bicyclic) bond motifs is 1. The van der Waals surface area contributed by atoms with Crippen molar-refractivity contribution in [2.75, 3.05) is 5.32 Å². The van der Waals surface area contributed by atoms with E-state index in [0.29, 0.717) is 22.2 Å². The van der Waals surface area contributed by atoms with Gasteiger partial charge in [-0.3, -0.25) is 19.7 Å². The van der Waals surface area contributed by atoms with Gasteiger partial charge in [0, 0.05) is 23.6 Å². The van der Waals surface area contributed by atoms with Crippen molar-refractivity contribution >= 4 is 28.2 Å². The summed E-state index contributed by atoms with van der Waals surface area (Å²) in [6.07, 6.45) is -0.546. The maximum Gasteiger partial charge on any atom is 0.292 e. The average Bonchev–Trinajstić information content (AvgIpc) is 2.84. The molecule has 10 nitrogen and oxygen atoms in total. The molecule has 0 fully saturated rings. The molecule has 4 aromatic rings. The minimum atomic E-state index is -0.883. The topological polar surface area (TPSA) is 161 Å². The second-order valence-electron chi connectivity index (χ2n) is 7.29. The standard InChI is InChI=1S/C24H18N4O6/c29-21(24(32)26-17-8-4-5-9-20(17)28(33)34)13-19-23(31)27-18-12-15(10-11-16(18)25-19)22(30)14-6-2-1-3-7-14/h1-12,26,29,32H,13H2,(H,27,31)/p-1. The van der Waals surface area contributed by atoms with Gasteiger partial charge in [0.2, 0.25) is 0 Å². The fourth-order valence-corrected chi connectivity index (χ4v) is 3.31. The van der Waals surface area contributed by atoms with Gasteiger partial charge >= 0.3 is 0 Å². The lowest BCUT2D eigenvalue weighted by molar-refractivity contribution is -0.384. The molecule has 0 unspecified atom stereocenters. The number of ketones is 1. The molecule has 170 valence electrons. The van der Waals surface area contributed by atoms with Crippen molar-refractivity contribution in [2.45, 2.75) is 6.42 Å². The highest BCUT2D eigenvalue weighted by Gasteiger charge is 2.15. The zero-order valence-corrected chi connectivity index (χ0v) is 17.5. The largest absolute Gasteiger partial charge is 0.872 e. The SMILES string of the molecule is O=C(c1ccccc1)c1ccc2nc(CC([O-])=C(O)Nc3ccccc3[N+](=O)[O-])c(=O)[nH]c2c1. The molecule has 1 aromatic heterocycles. The number of aliphatic hydroxyl groups excluding tert-OH is 1. The van der Waals surface area contributed by atoms with Gasteiger partial charge in [-0.25, -0.2) is 4.98 Å². The summed E-state index contributed by atoms with van der Waals surface area (Å²) in [6.45, 7) is 0. The molecule has 3 aromatic carbocycles. The summed E-state index contributed by atoms with van der Waals surface area (Å²) in [6, 6.07) is 18.8. The van der Waals surface area contributed by atoms with Gasteiger partial charge < -0.3 is 20.5 Å². The number of nitrogens with one attached hydrogen (secondary N) is 2. The highest BCUT2D eigenvalue weighted by Crippen LogP contribution is 2.24. The van der Waals surface area contributed by atoms with Gasteiger partial charge in [-0.2, -0.15) is 0 Å². The second-order valence-corrected chi connectivity index (χ2v) is 7.29. The number of H-pyrrole nitrogens is 1. The van der Waals surface area contributed by atoms with E-state index in [2.05, 4.69) is 15.3 Å². The van der Waals surface area contributed by atoms with Crippen molar-refractivity contribution in [3.8, 4) is 0 Å².